The minimum atomic E-state index is -3.57. The molecule has 0 radical (unpaired) electrons. The van der Waals surface area contributed by atoms with E-state index in [-0.39, 0.29) is 31.0 Å². The number of anilines is 1. The number of benzene rings is 2. The quantitative estimate of drug-likeness (QED) is 0.804. The molecule has 0 fully saturated rings. The number of rotatable bonds is 7. The predicted octanol–water partition coefficient (Wildman–Crippen LogP) is 3.23. The van der Waals surface area contributed by atoms with Gasteiger partial charge in [0.05, 0.1) is 6.26 Å². The summed E-state index contributed by atoms with van der Waals surface area (Å²) in [5, 5.41) is 2.76. The van der Waals surface area contributed by atoms with Crippen LogP contribution >= 0.6 is 0 Å². The number of sulfonamides is 1. The first-order valence-electron chi connectivity index (χ1n) is 8.22. The van der Waals surface area contributed by atoms with Gasteiger partial charge in [-0.2, -0.15) is 4.31 Å². The third kappa shape index (κ3) is 5.64. The van der Waals surface area contributed by atoms with Crippen molar-refractivity contribution in [2.75, 3.05) is 18.1 Å². The van der Waals surface area contributed by atoms with E-state index in [9.17, 15) is 17.6 Å². The van der Waals surface area contributed by atoms with Crippen molar-refractivity contribution in [2.45, 2.75) is 26.8 Å². The highest BCUT2D eigenvalue weighted by Gasteiger charge is 2.19. The monoisotopic (exact) mass is 378 g/mol. The Labute approximate surface area is 153 Å². The standard InChI is InChI=1S/C19H23FN2O3S/c1-14-8-9-17(12-15(14)2)21-19(23)10-11-22(26(3,24)25)13-16-6-4-5-7-18(16)20/h4-9,12H,10-11,13H2,1-3H3,(H,21,23). The van der Waals surface area contributed by atoms with Gasteiger partial charge in [0.15, 0.2) is 0 Å². The fourth-order valence-electron chi connectivity index (χ4n) is 2.45. The topological polar surface area (TPSA) is 66.5 Å². The highest BCUT2D eigenvalue weighted by Crippen LogP contribution is 2.16. The molecule has 0 aromatic heterocycles. The van der Waals surface area contributed by atoms with E-state index in [1.54, 1.807) is 18.2 Å². The lowest BCUT2D eigenvalue weighted by Crippen LogP contribution is -2.32. The molecule has 0 aliphatic carbocycles. The largest absolute Gasteiger partial charge is 0.326 e. The van der Waals surface area contributed by atoms with Crippen molar-refractivity contribution in [3.05, 3.63) is 65.0 Å². The van der Waals surface area contributed by atoms with Gasteiger partial charge in [0.25, 0.3) is 0 Å². The number of hydrogen-bond acceptors (Lipinski definition) is 3. The van der Waals surface area contributed by atoms with Gasteiger partial charge in [-0.15, -0.1) is 0 Å². The van der Waals surface area contributed by atoms with Crippen LogP contribution in [0.25, 0.3) is 0 Å². The molecule has 5 nitrogen and oxygen atoms in total. The fraction of sp³-hybridized carbons (Fsp3) is 0.316. The Kier molecular flexibility index (Phi) is 6.50. The third-order valence-corrected chi connectivity index (χ3v) is 5.40. The number of aryl methyl sites for hydroxylation is 2. The van der Waals surface area contributed by atoms with Crippen molar-refractivity contribution in [3.8, 4) is 0 Å². The fourth-order valence-corrected chi connectivity index (χ4v) is 3.24. The zero-order valence-corrected chi connectivity index (χ0v) is 15.9. The van der Waals surface area contributed by atoms with Crippen molar-refractivity contribution in [1.29, 1.82) is 0 Å². The molecule has 2 aromatic carbocycles. The smallest absolute Gasteiger partial charge is 0.225 e. The molecule has 2 aromatic rings. The van der Waals surface area contributed by atoms with Crippen LogP contribution in [0.15, 0.2) is 42.5 Å². The first-order valence-corrected chi connectivity index (χ1v) is 10.1. The molecule has 0 aliphatic rings. The summed E-state index contributed by atoms with van der Waals surface area (Å²) in [4.78, 5) is 12.2. The molecule has 7 heteroatoms. The first-order chi connectivity index (χ1) is 12.2. The molecule has 2 rings (SSSR count). The summed E-state index contributed by atoms with van der Waals surface area (Å²) >= 11 is 0. The summed E-state index contributed by atoms with van der Waals surface area (Å²) in [6.07, 6.45) is 1.03. The van der Waals surface area contributed by atoms with Crippen LogP contribution in [0.1, 0.15) is 23.1 Å². The van der Waals surface area contributed by atoms with Gasteiger partial charge in [-0.25, -0.2) is 12.8 Å². The summed E-state index contributed by atoms with van der Waals surface area (Å²) in [5.74, 6) is -0.767. The van der Waals surface area contributed by atoms with Crippen LogP contribution in [0.5, 0.6) is 0 Å². The maximum absolute atomic E-state index is 13.8. The highest BCUT2D eigenvalue weighted by atomic mass is 32.2. The van der Waals surface area contributed by atoms with E-state index < -0.39 is 15.8 Å². The van der Waals surface area contributed by atoms with Gasteiger partial charge in [0, 0.05) is 30.8 Å². The van der Waals surface area contributed by atoms with Crippen LogP contribution in [0.2, 0.25) is 0 Å². The van der Waals surface area contributed by atoms with Gasteiger partial charge in [-0.1, -0.05) is 24.3 Å². The zero-order chi connectivity index (χ0) is 19.3. The number of amides is 1. The van der Waals surface area contributed by atoms with Gasteiger partial charge in [0.1, 0.15) is 5.82 Å². The van der Waals surface area contributed by atoms with Crippen LogP contribution in [-0.4, -0.2) is 31.4 Å². The number of halogens is 1. The van der Waals surface area contributed by atoms with E-state index in [0.29, 0.717) is 5.69 Å². The second-order valence-corrected chi connectivity index (χ2v) is 8.27. The predicted molar refractivity (Wildman–Crippen MR) is 101 cm³/mol. The summed E-state index contributed by atoms with van der Waals surface area (Å²) in [5.41, 5.74) is 3.11. The normalized spacial score (nSPS) is 11.6. The second-order valence-electron chi connectivity index (χ2n) is 6.29. The number of nitrogens with zero attached hydrogens (tertiary/aromatic N) is 1. The lowest BCUT2D eigenvalue weighted by molar-refractivity contribution is -0.116. The molecule has 0 heterocycles. The molecule has 1 amide bonds. The van der Waals surface area contributed by atoms with Gasteiger partial charge in [-0.05, 0) is 43.2 Å². The number of nitrogens with one attached hydrogen (secondary N) is 1. The number of carbonyl (C=O) groups excluding carboxylic acids is 1. The van der Waals surface area contributed by atoms with Crippen LogP contribution in [0.4, 0.5) is 10.1 Å². The zero-order valence-electron chi connectivity index (χ0n) is 15.1. The Morgan fingerprint density at radius 3 is 2.42 bits per heavy atom. The second kappa shape index (κ2) is 8.42. The van der Waals surface area contributed by atoms with Crippen molar-refractivity contribution < 1.29 is 17.6 Å². The summed E-state index contributed by atoms with van der Waals surface area (Å²) < 4.78 is 38.8. The van der Waals surface area contributed by atoms with Crippen LogP contribution < -0.4 is 5.32 Å². The van der Waals surface area contributed by atoms with Crippen molar-refractivity contribution in [3.63, 3.8) is 0 Å². The van der Waals surface area contributed by atoms with E-state index in [1.165, 1.54) is 12.1 Å². The van der Waals surface area contributed by atoms with Gasteiger partial charge >= 0.3 is 0 Å². The van der Waals surface area contributed by atoms with E-state index in [1.807, 2.05) is 26.0 Å². The Morgan fingerprint density at radius 2 is 1.81 bits per heavy atom. The first kappa shape index (κ1) is 20.1. The van der Waals surface area contributed by atoms with Gasteiger partial charge in [-0.3, -0.25) is 4.79 Å². The van der Waals surface area contributed by atoms with E-state index in [0.717, 1.165) is 21.7 Å². The molecule has 140 valence electrons. The Balaban J connectivity index is 2.01. The van der Waals surface area contributed by atoms with E-state index >= 15 is 0 Å². The van der Waals surface area contributed by atoms with Gasteiger partial charge in [0.2, 0.25) is 15.9 Å². The summed E-state index contributed by atoms with van der Waals surface area (Å²) in [6.45, 7) is 3.80. The Bertz CT molecular complexity index is 897. The molecule has 0 saturated carbocycles. The Morgan fingerprint density at radius 1 is 1.12 bits per heavy atom. The van der Waals surface area contributed by atoms with Crippen molar-refractivity contribution in [1.82, 2.24) is 4.31 Å². The van der Waals surface area contributed by atoms with Crippen molar-refractivity contribution >= 4 is 21.6 Å². The number of carbonyl (C=O) groups is 1. The van der Waals surface area contributed by atoms with E-state index in [4.69, 9.17) is 0 Å². The summed E-state index contributed by atoms with van der Waals surface area (Å²) in [6, 6.07) is 11.6. The average molecular weight is 378 g/mol. The molecular weight excluding hydrogens is 355 g/mol. The van der Waals surface area contributed by atoms with Crippen molar-refractivity contribution in [2.24, 2.45) is 0 Å². The van der Waals surface area contributed by atoms with Crippen LogP contribution in [0, 0.1) is 19.7 Å². The molecular formula is C19H23FN2O3S. The molecule has 0 atom stereocenters. The molecule has 0 unspecified atom stereocenters. The maximum atomic E-state index is 13.8. The molecule has 1 N–H and O–H groups in total. The molecule has 0 bridgehead atoms. The molecule has 0 aliphatic heterocycles. The highest BCUT2D eigenvalue weighted by molar-refractivity contribution is 7.88. The Hall–Kier alpha value is -2.25. The average Bonchev–Trinajstić information content (AvgIpc) is 2.55. The lowest BCUT2D eigenvalue weighted by atomic mass is 10.1. The maximum Gasteiger partial charge on any atom is 0.225 e. The third-order valence-electron chi connectivity index (χ3n) is 4.15. The molecule has 0 spiro atoms. The minimum Gasteiger partial charge on any atom is -0.326 e. The molecule has 0 saturated heterocycles. The van der Waals surface area contributed by atoms with Crippen LogP contribution in [-0.2, 0) is 21.4 Å². The molecule has 26 heavy (non-hydrogen) atoms. The summed E-state index contributed by atoms with van der Waals surface area (Å²) in [7, 11) is -3.57. The minimum absolute atomic E-state index is 0.0194. The van der Waals surface area contributed by atoms with Crippen LogP contribution in [0.3, 0.4) is 0 Å². The van der Waals surface area contributed by atoms with Gasteiger partial charge < -0.3 is 5.32 Å². The lowest BCUT2D eigenvalue weighted by Gasteiger charge is -2.20. The number of hydrogen-bond donors (Lipinski definition) is 1. The SMILES string of the molecule is Cc1ccc(NC(=O)CCN(Cc2ccccc2F)S(C)(=O)=O)cc1C. The van der Waals surface area contributed by atoms with E-state index in [2.05, 4.69) is 5.32 Å².